The Labute approximate surface area is 139 Å². The van der Waals surface area contributed by atoms with Crippen LogP contribution >= 0.6 is 0 Å². The van der Waals surface area contributed by atoms with Crippen molar-refractivity contribution in [1.82, 2.24) is 9.80 Å². The van der Waals surface area contributed by atoms with Crippen LogP contribution in [-0.4, -0.2) is 54.1 Å². The number of benzene rings is 1. The third kappa shape index (κ3) is 3.75. The summed E-state index contributed by atoms with van der Waals surface area (Å²) in [4.78, 5) is 16.2. The number of amides is 1. The molecule has 1 heterocycles. The maximum Gasteiger partial charge on any atom is 0.248 e. The number of carbonyl (C=O) groups is 1. The van der Waals surface area contributed by atoms with Crippen molar-refractivity contribution >= 4 is 5.91 Å². The molecule has 4 nitrogen and oxygen atoms in total. The molecule has 0 atom stereocenters. The van der Waals surface area contributed by atoms with Gasteiger partial charge in [0.1, 0.15) is 6.61 Å². The first-order valence-electron chi connectivity index (χ1n) is 8.78. The molecule has 1 saturated carbocycles. The lowest BCUT2D eigenvalue weighted by molar-refractivity contribution is -0.170. The fraction of sp³-hybridized carbons (Fsp3) is 0.632. The van der Waals surface area contributed by atoms with Crippen LogP contribution in [0.2, 0.25) is 0 Å². The Morgan fingerprint density at radius 2 is 1.96 bits per heavy atom. The normalized spacial score (nSPS) is 28.6. The van der Waals surface area contributed by atoms with Gasteiger partial charge in [0.2, 0.25) is 5.91 Å². The standard InChI is InChI=1S/C19H28N2O2/c1-3-21-15-19(23-14-18(21)22)11-9-17(10-12-19)20(2)13-16-7-5-4-6-8-16/h4-8,17H,3,9-15H2,1-2H3. The minimum atomic E-state index is -0.0893. The second kappa shape index (κ2) is 7.02. The molecule has 2 fully saturated rings. The topological polar surface area (TPSA) is 32.8 Å². The summed E-state index contributed by atoms with van der Waals surface area (Å²) in [7, 11) is 2.22. The van der Waals surface area contributed by atoms with E-state index in [4.69, 9.17) is 4.74 Å². The molecule has 4 heteroatoms. The predicted molar refractivity (Wildman–Crippen MR) is 91.1 cm³/mol. The Morgan fingerprint density at radius 1 is 1.26 bits per heavy atom. The molecule has 1 amide bonds. The number of carbonyl (C=O) groups excluding carboxylic acids is 1. The first-order valence-corrected chi connectivity index (χ1v) is 8.78. The van der Waals surface area contributed by atoms with Crippen molar-refractivity contribution in [3.63, 3.8) is 0 Å². The highest BCUT2D eigenvalue weighted by molar-refractivity contribution is 5.78. The number of morpholine rings is 1. The SMILES string of the molecule is CCN1CC2(CCC(N(C)Cc3ccccc3)CC2)OCC1=O. The molecule has 1 aromatic carbocycles. The van der Waals surface area contributed by atoms with Gasteiger partial charge in [0, 0.05) is 25.7 Å². The molecule has 1 aromatic rings. The van der Waals surface area contributed by atoms with Crippen LogP contribution in [0.5, 0.6) is 0 Å². The maximum atomic E-state index is 11.8. The first-order chi connectivity index (χ1) is 11.1. The molecule has 0 aromatic heterocycles. The van der Waals surface area contributed by atoms with Gasteiger partial charge in [-0.3, -0.25) is 9.69 Å². The van der Waals surface area contributed by atoms with Gasteiger partial charge < -0.3 is 9.64 Å². The molecule has 1 saturated heterocycles. The summed E-state index contributed by atoms with van der Waals surface area (Å²) in [6, 6.07) is 11.3. The molecule has 1 spiro atoms. The van der Waals surface area contributed by atoms with Crippen LogP contribution in [0.1, 0.15) is 38.2 Å². The van der Waals surface area contributed by atoms with E-state index in [1.807, 2.05) is 4.90 Å². The highest BCUT2D eigenvalue weighted by Gasteiger charge is 2.42. The van der Waals surface area contributed by atoms with Crippen molar-refractivity contribution in [3.05, 3.63) is 35.9 Å². The van der Waals surface area contributed by atoms with Crippen molar-refractivity contribution in [2.24, 2.45) is 0 Å². The number of rotatable bonds is 4. The van der Waals surface area contributed by atoms with Gasteiger partial charge in [0.25, 0.3) is 0 Å². The highest BCUT2D eigenvalue weighted by atomic mass is 16.5. The molecule has 2 aliphatic rings. The Bertz CT molecular complexity index is 523. The van der Waals surface area contributed by atoms with Crippen LogP contribution in [0.15, 0.2) is 30.3 Å². The molecule has 23 heavy (non-hydrogen) atoms. The van der Waals surface area contributed by atoms with E-state index in [9.17, 15) is 4.79 Å². The summed E-state index contributed by atoms with van der Waals surface area (Å²) in [6.07, 6.45) is 4.41. The summed E-state index contributed by atoms with van der Waals surface area (Å²) in [5.41, 5.74) is 1.28. The fourth-order valence-corrected chi connectivity index (χ4v) is 3.95. The number of hydrogen-bond acceptors (Lipinski definition) is 3. The molecule has 0 N–H and O–H groups in total. The van der Waals surface area contributed by atoms with Crippen LogP contribution in [0.3, 0.4) is 0 Å². The van der Waals surface area contributed by atoms with Gasteiger partial charge in [-0.1, -0.05) is 30.3 Å². The number of nitrogens with zero attached hydrogens (tertiary/aromatic N) is 2. The second-order valence-corrected chi connectivity index (χ2v) is 7.01. The summed E-state index contributed by atoms with van der Waals surface area (Å²) in [6.45, 7) is 4.88. The lowest BCUT2D eigenvalue weighted by atomic mass is 9.80. The van der Waals surface area contributed by atoms with E-state index in [0.717, 1.165) is 45.3 Å². The largest absolute Gasteiger partial charge is 0.363 e. The third-order valence-corrected chi connectivity index (χ3v) is 5.48. The van der Waals surface area contributed by atoms with Gasteiger partial charge in [-0.25, -0.2) is 0 Å². The highest BCUT2D eigenvalue weighted by Crippen LogP contribution is 2.36. The van der Waals surface area contributed by atoms with Crippen LogP contribution in [0.25, 0.3) is 0 Å². The van der Waals surface area contributed by atoms with Crippen molar-refractivity contribution < 1.29 is 9.53 Å². The zero-order chi connectivity index (χ0) is 16.3. The molecule has 0 bridgehead atoms. The predicted octanol–water partition coefficient (Wildman–Crippen LogP) is 2.68. The Balaban J connectivity index is 1.55. The second-order valence-electron chi connectivity index (χ2n) is 7.01. The Kier molecular flexibility index (Phi) is 5.02. The zero-order valence-electron chi connectivity index (χ0n) is 14.3. The van der Waals surface area contributed by atoms with Crippen molar-refractivity contribution in [3.8, 4) is 0 Å². The van der Waals surface area contributed by atoms with Gasteiger partial charge in [-0.2, -0.15) is 0 Å². The monoisotopic (exact) mass is 316 g/mol. The number of likely N-dealkylation sites (N-methyl/N-ethyl adjacent to an activating group) is 1. The van der Waals surface area contributed by atoms with E-state index in [-0.39, 0.29) is 18.1 Å². The molecular weight excluding hydrogens is 288 g/mol. The molecule has 1 aliphatic heterocycles. The van der Waals surface area contributed by atoms with Crippen LogP contribution < -0.4 is 0 Å². The summed E-state index contributed by atoms with van der Waals surface area (Å²) in [5, 5.41) is 0. The summed E-state index contributed by atoms with van der Waals surface area (Å²) in [5.74, 6) is 0.140. The van der Waals surface area contributed by atoms with Crippen molar-refractivity contribution in [2.45, 2.75) is 50.8 Å². The van der Waals surface area contributed by atoms with E-state index in [0.29, 0.717) is 6.04 Å². The maximum absolute atomic E-state index is 11.8. The van der Waals surface area contributed by atoms with Gasteiger partial charge in [-0.15, -0.1) is 0 Å². The van der Waals surface area contributed by atoms with E-state index in [1.165, 1.54) is 5.56 Å². The Morgan fingerprint density at radius 3 is 2.61 bits per heavy atom. The van der Waals surface area contributed by atoms with Gasteiger partial charge in [-0.05, 0) is 45.2 Å². The number of hydrogen-bond donors (Lipinski definition) is 0. The van der Waals surface area contributed by atoms with Gasteiger partial charge >= 0.3 is 0 Å². The van der Waals surface area contributed by atoms with Gasteiger partial charge in [0.05, 0.1) is 5.60 Å². The average Bonchev–Trinajstić information content (AvgIpc) is 2.59. The van der Waals surface area contributed by atoms with Crippen LogP contribution in [0, 0.1) is 0 Å². The van der Waals surface area contributed by atoms with Crippen molar-refractivity contribution in [1.29, 1.82) is 0 Å². The number of ether oxygens (including phenoxy) is 1. The zero-order valence-corrected chi connectivity index (χ0v) is 14.3. The smallest absolute Gasteiger partial charge is 0.248 e. The minimum absolute atomic E-state index is 0.0893. The quantitative estimate of drug-likeness (QED) is 0.856. The molecule has 0 radical (unpaired) electrons. The van der Waals surface area contributed by atoms with Gasteiger partial charge in [0.15, 0.2) is 0 Å². The van der Waals surface area contributed by atoms with E-state index in [2.05, 4.69) is 49.2 Å². The van der Waals surface area contributed by atoms with E-state index < -0.39 is 0 Å². The van der Waals surface area contributed by atoms with Crippen molar-refractivity contribution in [2.75, 3.05) is 26.7 Å². The third-order valence-electron chi connectivity index (χ3n) is 5.48. The van der Waals surface area contributed by atoms with Crippen LogP contribution in [0.4, 0.5) is 0 Å². The summed E-state index contributed by atoms with van der Waals surface area (Å²) >= 11 is 0. The first kappa shape index (κ1) is 16.5. The molecule has 1 aliphatic carbocycles. The molecular formula is C19H28N2O2. The summed E-state index contributed by atoms with van der Waals surface area (Å²) < 4.78 is 5.99. The van der Waals surface area contributed by atoms with E-state index >= 15 is 0 Å². The Hall–Kier alpha value is -1.39. The molecule has 3 rings (SSSR count). The van der Waals surface area contributed by atoms with Crippen LogP contribution in [-0.2, 0) is 16.1 Å². The molecule has 0 unspecified atom stereocenters. The minimum Gasteiger partial charge on any atom is -0.363 e. The van der Waals surface area contributed by atoms with E-state index in [1.54, 1.807) is 0 Å². The lowest BCUT2D eigenvalue weighted by Crippen LogP contribution is -2.57. The molecule has 126 valence electrons. The average molecular weight is 316 g/mol. The fourth-order valence-electron chi connectivity index (χ4n) is 3.95. The lowest BCUT2D eigenvalue weighted by Gasteiger charge is -2.47.